The molecule has 1 fully saturated rings. The highest BCUT2D eigenvalue weighted by Crippen LogP contribution is 2.32. The molecule has 178 valence electrons. The van der Waals surface area contributed by atoms with Crippen LogP contribution >= 0.6 is 46.1 Å². The number of nitrogens with zero attached hydrogens (tertiary/aromatic N) is 1. The average Bonchev–Trinajstić information content (AvgIpc) is 3.32. The molecule has 7 nitrogen and oxygen atoms in total. The van der Waals surface area contributed by atoms with Gasteiger partial charge >= 0.3 is 0 Å². The Morgan fingerprint density at radius 1 is 1.24 bits per heavy atom. The first-order valence-electron chi connectivity index (χ1n) is 9.96. The molecule has 1 saturated heterocycles. The van der Waals surface area contributed by atoms with Crippen molar-refractivity contribution in [2.45, 2.75) is 43.0 Å². The van der Waals surface area contributed by atoms with E-state index in [1.165, 1.54) is 11.0 Å². The Bertz CT molecular complexity index is 1120. The van der Waals surface area contributed by atoms with Gasteiger partial charge in [-0.2, -0.15) is 0 Å². The summed E-state index contributed by atoms with van der Waals surface area (Å²) < 4.78 is 21.3. The number of carbonyl (C=O) groups is 3. The zero-order valence-electron chi connectivity index (χ0n) is 17.6. The summed E-state index contributed by atoms with van der Waals surface area (Å²) in [7, 11) is 0. The Morgan fingerprint density at radius 2 is 1.94 bits per heavy atom. The van der Waals surface area contributed by atoms with Crippen molar-refractivity contribution >= 4 is 74.8 Å². The fourth-order valence-corrected chi connectivity index (χ4v) is 6.17. The molecule has 0 aliphatic carbocycles. The molecule has 12 heteroatoms. The smallest absolute Gasteiger partial charge is 0.256 e. The summed E-state index contributed by atoms with van der Waals surface area (Å²) in [6.45, 7) is 3.54. The standard InChI is InChI=1S/C21H21Cl3N2O5S2/c1-10(2)19(28)16-7-13(25-18(27)5-11-3-4-12(22)6-15(11)23)9-26(16)20(29)14-8-17(24)32-21(14)33(30)31/h3-4,6,8,10,13,16H,5,7,9H2,1-2H3,(H,25,27)(H,30,31)/t13-,16-/m1/s1. The van der Waals surface area contributed by atoms with Crippen molar-refractivity contribution in [2.75, 3.05) is 6.54 Å². The van der Waals surface area contributed by atoms with Gasteiger partial charge in [0.25, 0.3) is 5.91 Å². The summed E-state index contributed by atoms with van der Waals surface area (Å²) in [5, 5.41) is 3.69. The molecule has 2 N–H and O–H groups in total. The molecule has 3 rings (SSSR count). The lowest BCUT2D eigenvalue weighted by molar-refractivity contribution is -0.126. The molecule has 1 aliphatic heterocycles. The Labute approximate surface area is 212 Å². The SMILES string of the molecule is CC(C)C(=O)[C@H]1C[C@@H](NC(=O)Cc2ccc(Cl)cc2Cl)CN1C(=O)c1cc(Cl)sc1S(=O)O. The monoisotopic (exact) mass is 550 g/mol. The highest BCUT2D eigenvalue weighted by Gasteiger charge is 2.42. The molecule has 1 aromatic carbocycles. The first-order valence-corrected chi connectivity index (χ1v) is 13.0. The topological polar surface area (TPSA) is 104 Å². The minimum absolute atomic E-state index is 0.0109. The predicted octanol–water partition coefficient (Wildman–Crippen LogP) is 4.46. The number of hydrogen-bond acceptors (Lipinski definition) is 5. The third-order valence-corrected chi connectivity index (χ3v) is 8.11. The van der Waals surface area contributed by atoms with E-state index in [1.807, 2.05) is 0 Å². The van der Waals surface area contributed by atoms with Crippen LogP contribution in [-0.4, -0.2) is 49.9 Å². The van der Waals surface area contributed by atoms with Crippen LogP contribution in [0.1, 0.15) is 36.2 Å². The second-order valence-corrected chi connectivity index (χ2v) is 11.6. The zero-order chi connectivity index (χ0) is 24.4. The van der Waals surface area contributed by atoms with Crippen LogP contribution in [0, 0.1) is 5.92 Å². The third kappa shape index (κ3) is 6.15. The number of rotatable bonds is 7. The molecule has 33 heavy (non-hydrogen) atoms. The minimum Gasteiger partial charge on any atom is -0.351 e. The number of amides is 2. The molecular weight excluding hydrogens is 531 g/mol. The van der Waals surface area contributed by atoms with Crippen molar-refractivity contribution in [3.05, 3.63) is 49.8 Å². The van der Waals surface area contributed by atoms with Crippen molar-refractivity contribution in [3.8, 4) is 0 Å². The summed E-state index contributed by atoms with van der Waals surface area (Å²) in [5.41, 5.74) is 0.578. The van der Waals surface area contributed by atoms with Crippen molar-refractivity contribution in [1.29, 1.82) is 0 Å². The average molecular weight is 552 g/mol. The number of hydrogen-bond donors (Lipinski definition) is 2. The summed E-state index contributed by atoms with van der Waals surface area (Å²) in [6.07, 6.45) is 0.245. The maximum absolute atomic E-state index is 13.3. The highest BCUT2D eigenvalue weighted by molar-refractivity contribution is 7.82. The largest absolute Gasteiger partial charge is 0.351 e. The van der Waals surface area contributed by atoms with Gasteiger partial charge in [-0.1, -0.05) is 54.7 Å². The first-order chi connectivity index (χ1) is 15.5. The van der Waals surface area contributed by atoms with E-state index in [9.17, 15) is 23.1 Å². The second-order valence-electron chi connectivity index (χ2n) is 7.94. The predicted molar refractivity (Wildman–Crippen MR) is 130 cm³/mol. The third-order valence-electron chi connectivity index (χ3n) is 5.25. The number of benzene rings is 1. The van der Waals surface area contributed by atoms with Crippen LogP contribution in [0.4, 0.5) is 0 Å². The van der Waals surface area contributed by atoms with Gasteiger partial charge in [0.1, 0.15) is 4.21 Å². The van der Waals surface area contributed by atoms with E-state index < -0.39 is 29.1 Å². The molecule has 0 spiro atoms. The van der Waals surface area contributed by atoms with Gasteiger partial charge in [-0.05, 0) is 30.2 Å². The fourth-order valence-electron chi connectivity index (χ4n) is 3.72. The van der Waals surface area contributed by atoms with Gasteiger partial charge in [0.15, 0.2) is 16.9 Å². The number of nitrogens with one attached hydrogen (secondary N) is 1. The summed E-state index contributed by atoms with van der Waals surface area (Å²) in [4.78, 5) is 40.1. The van der Waals surface area contributed by atoms with Gasteiger partial charge in [0.2, 0.25) is 5.91 Å². The normalized spacial score (nSPS) is 19.1. The van der Waals surface area contributed by atoms with E-state index in [0.717, 1.165) is 11.3 Å². The lowest BCUT2D eigenvalue weighted by Gasteiger charge is -2.24. The van der Waals surface area contributed by atoms with Gasteiger partial charge in [0, 0.05) is 28.5 Å². The van der Waals surface area contributed by atoms with Crippen LogP contribution in [0.3, 0.4) is 0 Å². The summed E-state index contributed by atoms with van der Waals surface area (Å²) in [6, 6.07) is 4.92. The Hall–Kier alpha value is -1.49. The number of Topliss-reactive ketones (excluding diaryl/α,β-unsaturated/α-hetero) is 1. The molecule has 1 unspecified atom stereocenters. The van der Waals surface area contributed by atoms with Crippen molar-refractivity contribution < 1.29 is 23.1 Å². The van der Waals surface area contributed by atoms with Crippen LogP contribution in [0.2, 0.25) is 14.4 Å². The lowest BCUT2D eigenvalue weighted by atomic mass is 9.98. The Balaban J connectivity index is 1.79. The number of carbonyl (C=O) groups excluding carboxylic acids is 3. The van der Waals surface area contributed by atoms with Gasteiger partial charge in [0.05, 0.1) is 22.4 Å². The van der Waals surface area contributed by atoms with Gasteiger partial charge in [-0.15, -0.1) is 11.3 Å². The maximum atomic E-state index is 13.3. The summed E-state index contributed by atoms with van der Waals surface area (Å²) >= 11 is 16.4. The van der Waals surface area contributed by atoms with Crippen LogP contribution < -0.4 is 5.32 Å². The number of thiophene rings is 1. The van der Waals surface area contributed by atoms with Crippen molar-refractivity contribution in [2.24, 2.45) is 5.92 Å². The van der Waals surface area contributed by atoms with E-state index in [0.29, 0.717) is 15.6 Å². The molecule has 1 aliphatic rings. The molecule has 1 aromatic heterocycles. The molecule has 2 heterocycles. The van der Waals surface area contributed by atoms with Gasteiger partial charge in [-0.25, -0.2) is 4.21 Å². The molecule has 0 radical (unpaired) electrons. The zero-order valence-corrected chi connectivity index (χ0v) is 21.5. The van der Waals surface area contributed by atoms with E-state index in [4.69, 9.17) is 34.8 Å². The van der Waals surface area contributed by atoms with Crippen LogP contribution in [0.5, 0.6) is 0 Å². The quantitative estimate of drug-likeness (QED) is 0.495. The van der Waals surface area contributed by atoms with E-state index in [1.54, 1.807) is 32.0 Å². The van der Waals surface area contributed by atoms with Crippen molar-refractivity contribution in [1.82, 2.24) is 10.2 Å². The highest BCUT2D eigenvalue weighted by atomic mass is 35.5. The van der Waals surface area contributed by atoms with Crippen LogP contribution in [0.25, 0.3) is 0 Å². The minimum atomic E-state index is -2.41. The molecule has 3 atom stereocenters. The van der Waals surface area contributed by atoms with Crippen molar-refractivity contribution in [3.63, 3.8) is 0 Å². The molecular formula is C21H21Cl3N2O5S2. The van der Waals surface area contributed by atoms with Crippen LogP contribution in [0.15, 0.2) is 28.5 Å². The Morgan fingerprint density at radius 3 is 2.55 bits per heavy atom. The first kappa shape index (κ1) is 26.1. The number of halogens is 3. The van der Waals surface area contributed by atoms with E-state index >= 15 is 0 Å². The Kier molecular flexibility index (Phi) is 8.58. The van der Waals surface area contributed by atoms with Crippen LogP contribution in [-0.2, 0) is 27.1 Å². The summed E-state index contributed by atoms with van der Waals surface area (Å²) in [5.74, 6) is -1.39. The molecule has 2 amide bonds. The lowest BCUT2D eigenvalue weighted by Crippen LogP contribution is -2.43. The number of likely N-dealkylation sites (tertiary alicyclic amines) is 1. The maximum Gasteiger partial charge on any atom is 0.256 e. The second kappa shape index (κ2) is 10.8. The fraction of sp³-hybridized carbons (Fsp3) is 0.381. The van der Waals surface area contributed by atoms with Gasteiger partial charge < -0.3 is 14.8 Å². The molecule has 0 saturated carbocycles. The molecule has 0 bridgehead atoms. The molecule has 2 aromatic rings. The van der Waals surface area contributed by atoms with E-state index in [2.05, 4.69) is 5.32 Å². The van der Waals surface area contributed by atoms with Gasteiger partial charge in [-0.3, -0.25) is 14.4 Å². The van der Waals surface area contributed by atoms with E-state index in [-0.39, 0.29) is 51.1 Å². The number of ketones is 1.